The number of piperidine rings is 1. The van der Waals surface area contributed by atoms with Crippen LogP contribution in [0, 0.1) is 0 Å². The Labute approximate surface area is 167 Å². The molecule has 0 bridgehead atoms. The van der Waals surface area contributed by atoms with Crippen molar-refractivity contribution in [2.75, 3.05) is 18.4 Å². The molecule has 142 valence electrons. The van der Waals surface area contributed by atoms with Crippen molar-refractivity contribution in [1.82, 2.24) is 19.7 Å². The highest BCUT2D eigenvalue weighted by Gasteiger charge is 2.16. The van der Waals surface area contributed by atoms with Crippen molar-refractivity contribution in [1.29, 1.82) is 0 Å². The van der Waals surface area contributed by atoms with Crippen molar-refractivity contribution in [3.63, 3.8) is 0 Å². The van der Waals surface area contributed by atoms with E-state index in [-0.39, 0.29) is 6.10 Å². The number of imidazole rings is 1. The molecule has 1 saturated heterocycles. The second-order valence-corrected chi connectivity index (χ2v) is 7.37. The Morgan fingerprint density at radius 3 is 2.89 bits per heavy atom. The number of fused-ring (bicyclic) bond motifs is 3. The molecule has 1 fully saturated rings. The Hall–Kier alpha value is -2.83. The first kappa shape index (κ1) is 17.3. The number of anilines is 2. The average molecular weight is 394 g/mol. The first-order valence-electron chi connectivity index (χ1n) is 9.43. The van der Waals surface area contributed by atoms with E-state index in [2.05, 4.69) is 15.6 Å². The van der Waals surface area contributed by atoms with Gasteiger partial charge < -0.3 is 15.4 Å². The fraction of sp³-hybridized carbons (Fsp3) is 0.238. The van der Waals surface area contributed by atoms with E-state index < -0.39 is 0 Å². The van der Waals surface area contributed by atoms with Gasteiger partial charge in [-0.15, -0.1) is 0 Å². The molecule has 1 aliphatic heterocycles. The van der Waals surface area contributed by atoms with Gasteiger partial charge in [0.05, 0.1) is 11.0 Å². The summed E-state index contributed by atoms with van der Waals surface area (Å²) in [5.74, 6) is 1.53. The van der Waals surface area contributed by atoms with Crippen LogP contribution in [0.15, 0.2) is 54.9 Å². The van der Waals surface area contributed by atoms with E-state index in [1.807, 2.05) is 53.1 Å². The van der Waals surface area contributed by atoms with Gasteiger partial charge in [0.2, 0.25) is 0 Å². The van der Waals surface area contributed by atoms with Crippen molar-refractivity contribution < 1.29 is 4.74 Å². The molecule has 7 heteroatoms. The third-order valence-corrected chi connectivity index (χ3v) is 5.20. The summed E-state index contributed by atoms with van der Waals surface area (Å²) in [4.78, 5) is 9.29. The van der Waals surface area contributed by atoms with Crippen LogP contribution < -0.4 is 15.4 Å². The summed E-state index contributed by atoms with van der Waals surface area (Å²) >= 11 is 6.11. The number of ether oxygens (including phenoxy) is 1. The number of halogens is 1. The standard InChI is InChI=1S/C21H20ClN5O/c22-14-2-1-3-15(12-14)25-20-21-24-10-11-27(21)19-5-4-17(13-18(19)26-20)28-16-6-8-23-9-7-16/h1-5,10-13,16,23H,6-9H2,(H,25,26). The predicted octanol–water partition coefficient (Wildman–Crippen LogP) is 4.41. The molecule has 0 atom stereocenters. The summed E-state index contributed by atoms with van der Waals surface area (Å²) in [7, 11) is 0. The molecule has 3 heterocycles. The Morgan fingerprint density at radius 1 is 1.14 bits per heavy atom. The maximum absolute atomic E-state index is 6.19. The molecular weight excluding hydrogens is 374 g/mol. The van der Waals surface area contributed by atoms with Gasteiger partial charge in [0.25, 0.3) is 0 Å². The summed E-state index contributed by atoms with van der Waals surface area (Å²) in [5, 5.41) is 7.37. The van der Waals surface area contributed by atoms with Gasteiger partial charge in [0.1, 0.15) is 11.9 Å². The minimum Gasteiger partial charge on any atom is -0.490 e. The van der Waals surface area contributed by atoms with Crippen molar-refractivity contribution in [3.05, 3.63) is 59.9 Å². The monoisotopic (exact) mass is 393 g/mol. The van der Waals surface area contributed by atoms with Gasteiger partial charge in [-0.2, -0.15) is 0 Å². The number of hydrogen-bond acceptors (Lipinski definition) is 5. The number of rotatable bonds is 4. The van der Waals surface area contributed by atoms with Gasteiger partial charge in [-0.25, -0.2) is 9.97 Å². The van der Waals surface area contributed by atoms with E-state index in [0.717, 1.165) is 54.0 Å². The van der Waals surface area contributed by atoms with Crippen LogP contribution in [0.4, 0.5) is 11.5 Å². The van der Waals surface area contributed by atoms with Crippen LogP contribution in [-0.4, -0.2) is 33.6 Å². The Kier molecular flexibility index (Phi) is 4.50. The molecule has 2 N–H and O–H groups in total. The second-order valence-electron chi connectivity index (χ2n) is 6.93. The zero-order chi connectivity index (χ0) is 18.9. The Balaban J connectivity index is 1.54. The summed E-state index contributed by atoms with van der Waals surface area (Å²) in [6.07, 6.45) is 6.01. The third-order valence-electron chi connectivity index (χ3n) is 4.97. The fourth-order valence-corrected chi connectivity index (χ4v) is 3.80. The summed E-state index contributed by atoms with van der Waals surface area (Å²) in [5.41, 5.74) is 3.47. The smallest absolute Gasteiger partial charge is 0.180 e. The fourth-order valence-electron chi connectivity index (χ4n) is 3.61. The predicted molar refractivity (Wildman–Crippen MR) is 112 cm³/mol. The summed E-state index contributed by atoms with van der Waals surface area (Å²) < 4.78 is 8.22. The number of nitrogens with one attached hydrogen (secondary N) is 2. The molecule has 5 rings (SSSR count). The number of nitrogens with zero attached hydrogens (tertiary/aromatic N) is 3. The highest BCUT2D eigenvalue weighted by Crippen LogP contribution is 2.28. The molecule has 1 aliphatic rings. The lowest BCUT2D eigenvalue weighted by atomic mass is 10.1. The maximum atomic E-state index is 6.19. The van der Waals surface area contributed by atoms with Crippen LogP contribution in [-0.2, 0) is 0 Å². The van der Waals surface area contributed by atoms with Crippen LogP contribution in [0.2, 0.25) is 5.02 Å². The lowest BCUT2D eigenvalue weighted by molar-refractivity contribution is 0.162. The first-order valence-corrected chi connectivity index (χ1v) is 9.81. The zero-order valence-electron chi connectivity index (χ0n) is 15.2. The van der Waals surface area contributed by atoms with Gasteiger partial charge >= 0.3 is 0 Å². The molecule has 0 amide bonds. The van der Waals surface area contributed by atoms with E-state index in [0.29, 0.717) is 10.8 Å². The molecule has 2 aromatic heterocycles. The van der Waals surface area contributed by atoms with E-state index in [1.54, 1.807) is 6.20 Å². The molecular formula is C21H20ClN5O. The van der Waals surface area contributed by atoms with Gasteiger partial charge in [0.15, 0.2) is 11.5 Å². The van der Waals surface area contributed by atoms with E-state index in [1.165, 1.54) is 0 Å². The highest BCUT2D eigenvalue weighted by molar-refractivity contribution is 6.30. The molecule has 0 aliphatic carbocycles. The highest BCUT2D eigenvalue weighted by atomic mass is 35.5. The van der Waals surface area contributed by atoms with Crippen LogP contribution in [0.1, 0.15) is 12.8 Å². The van der Waals surface area contributed by atoms with Crippen LogP contribution in [0.3, 0.4) is 0 Å². The van der Waals surface area contributed by atoms with Gasteiger partial charge in [-0.1, -0.05) is 17.7 Å². The first-order chi connectivity index (χ1) is 13.8. The molecule has 4 aromatic rings. The molecule has 2 aromatic carbocycles. The molecule has 0 saturated carbocycles. The molecule has 0 radical (unpaired) electrons. The number of aromatic nitrogens is 3. The lowest BCUT2D eigenvalue weighted by Gasteiger charge is -2.24. The van der Waals surface area contributed by atoms with Crippen molar-refractivity contribution in [2.24, 2.45) is 0 Å². The van der Waals surface area contributed by atoms with E-state index >= 15 is 0 Å². The normalized spacial score (nSPS) is 15.2. The molecule has 0 spiro atoms. The Bertz CT molecular complexity index is 1140. The van der Waals surface area contributed by atoms with Crippen LogP contribution in [0.25, 0.3) is 16.7 Å². The lowest BCUT2D eigenvalue weighted by Crippen LogP contribution is -2.34. The molecule has 6 nitrogen and oxygen atoms in total. The average Bonchev–Trinajstić information content (AvgIpc) is 3.19. The summed E-state index contributed by atoms with van der Waals surface area (Å²) in [6, 6.07) is 13.6. The van der Waals surface area contributed by atoms with Gasteiger partial charge in [0, 0.05) is 29.2 Å². The quantitative estimate of drug-likeness (QED) is 0.537. The van der Waals surface area contributed by atoms with E-state index in [9.17, 15) is 0 Å². The number of benzene rings is 2. The molecule has 28 heavy (non-hydrogen) atoms. The second kappa shape index (κ2) is 7.30. The van der Waals surface area contributed by atoms with Gasteiger partial charge in [-0.05, 0) is 56.3 Å². The minimum atomic E-state index is 0.250. The number of hydrogen-bond donors (Lipinski definition) is 2. The topological polar surface area (TPSA) is 63.5 Å². The SMILES string of the molecule is Clc1cccc(Nc2nc3cc(OC4CCNCC4)ccc3n3ccnc23)c1. The minimum absolute atomic E-state index is 0.250. The van der Waals surface area contributed by atoms with Crippen molar-refractivity contribution >= 4 is 39.8 Å². The van der Waals surface area contributed by atoms with Crippen LogP contribution >= 0.6 is 11.6 Å². The van der Waals surface area contributed by atoms with Crippen LogP contribution in [0.5, 0.6) is 5.75 Å². The van der Waals surface area contributed by atoms with E-state index in [4.69, 9.17) is 21.3 Å². The van der Waals surface area contributed by atoms with Crippen molar-refractivity contribution in [2.45, 2.75) is 18.9 Å². The zero-order valence-corrected chi connectivity index (χ0v) is 16.0. The third kappa shape index (κ3) is 3.37. The maximum Gasteiger partial charge on any atom is 0.180 e. The summed E-state index contributed by atoms with van der Waals surface area (Å²) in [6.45, 7) is 2.00. The largest absolute Gasteiger partial charge is 0.490 e. The molecule has 0 unspecified atom stereocenters. The Morgan fingerprint density at radius 2 is 2.04 bits per heavy atom. The van der Waals surface area contributed by atoms with Gasteiger partial charge in [-0.3, -0.25) is 4.40 Å². The van der Waals surface area contributed by atoms with Crippen molar-refractivity contribution in [3.8, 4) is 5.75 Å².